The summed E-state index contributed by atoms with van der Waals surface area (Å²) in [7, 11) is 0. The van der Waals surface area contributed by atoms with Crippen LogP contribution in [0.1, 0.15) is 53.9 Å². The van der Waals surface area contributed by atoms with Crippen LogP contribution in [0.5, 0.6) is 0 Å². The molecule has 2 aliphatic rings. The van der Waals surface area contributed by atoms with Gasteiger partial charge in [-0.2, -0.15) is 4.98 Å². The SMILES string of the molecule is O=C(c1ccc(Br)o1)N1CCC(OCCc2noc(C3CC3)n2)CC1. The largest absolute Gasteiger partial charge is 0.444 e. The van der Waals surface area contributed by atoms with Crippen LogP contribution in [0.2, 0.25) is 0 Å². The molecule has 0 bridgehead atoms. The van der Waals surface area contributed by atoms with Gasteiger partial charge >= 0.3 is 0 Å². The summed E-state index contributed by atoms with van der Waals surface area (Å²) in [5.74, 6) is 2.28. The highest BCUT2D eigenvalue weighted by atomic mass is 79.9. The molecular formula is C17H20BrN3O4. The molecule has 1 aliphatic heterocycles. The van der Waals surface area contributed by atoms with Crippen molar-refractivity contribution in [1.82, 2.24) is 15.0 Å². The number of furan rings is 1. The Labute approximate surface area is 153 Å². The number of carbonyl (C=O) groups excluding carboxylic acids is 1. The van der Waals surface area contributed by atoms with Crippen LogP contribution >= 0.6 is 15.9 Å². The molecule has 2 fully saturated rings. The lowest BCUT2D eigenvalue weighted by Gasteiger charge is -2.31. The fourth-order valence-electron chi connectivity index (χ4n) is 2.99. The molecule has 0 spiro atoms. The fourth-order valence-corrected chi connectivity index (χ4v) is 3.30. The van der Waals surface area contributed by atoms with Crippen LogP contribution in [0.3, 0.4) is 0 Å². The lowest BCUT2D eigenvalue weighted by atomic mass is 10.1. The second kappa shape index (κ2) is 7.29. The van der Waals surface area contributed by atoms with Crippen LogP contribution in [0, 0.1) is 0 Å². The van der Waals surface area contributed by atoms with Crippen LogP contribution in [0.4, 0.5) is 0 Å². The number of piperidine rings is 1. The Balaban J connectivity index is 1.19. The standard InChI is InChI=1S/C17H20BrN3O4/c18-14-4-3-13(24-14)17(22)21-8-5-12(6-9-21)23-10-7-15-19-16(25-20-15)11-1-2-11/h3-4,11-12H,1-2,5-10H2. The Morgan fingerprint density at radius 2 is 2.08 bits per heavy atom. The van der Waals surface area contributed by atoms with E-state index in [0.29, 0.717) is 42.5 Å². The van der Waals surface area contributed by atoms with E-state index in [1.54, 1.807) is 12.1 Å². The highest BCUT2D eigenvalue weighted by Gasteiger charge is 2.29. The molecular weight excluding hydrogens is 390 g/mol. The normalized spacial score (nSPS) is 18.7. The molecule has 134 valence electrons. The Bertz CT molecular complexity index is 732. The smallest absolute Gasteiger partial charge is 0.289 e. The van der Waals surface area contributed by atoms with Gasteiger partial charge in [0.15, 0.2) is 16.3 Å². The number of nitrogens with zero attached hydrogens (tertiary/aromatic N) is 3. The van der Waals surface area contributed by atoms with Crippen molar-refractivity contribution < 1.29 is 18.5 Å². The van der Waals surface area contributed by atoms with Crippen molar-refractivity contribution in [2.45, 2.75) is 44.1 Å². The van der Waals surface area contributed by atoms with E-state index >= 15 is 0 Å². The molecule has 0 unspecified atom stereocenters. The van der Waals surface area contributed by atoms with Crippen LogP contribution < -0.4 is 0 Å². The molecule has 0 radical (unpaired) electrons. The zero-order valence-corrected chi connectivity index (χ0v) is 15.4. The summed E-state index contributed by atoms with van der Waals surface area (Å²) in [5, 5.41) is 4.00. The van der Waals surface area contributed by atoms with E-state index in [1.165, 1.54) is 0 Å². The molecule has 2 aromatic rings. The molecule has 25 heavy (non-hydrogen) atoms. The van der Waals surface area contributed by atoms with Gasteiger partial charge < -0.3 is 18.6 Å². The topological polar surface area (TPSA) is 81.6 Å². The first kappa shape index (κ1) is 16.8. The van der Waals surface area contributed by atoms with E-state index in [1.807, 2.05) is 4.90 Å². The van der Waals surface area contributed by atoms with Crippen LogP contribution in [-0.4, -0.2) is 46.7 Å². The van der Waals surface area contributed by atoms with E-state index in [9.17, 15) is 4.79 Å². The maximum Gasteiger partial charge on any atom is 0.289 e. The number of carbonyl (C=O) groups is 1. The first-order valence-corrected chi connectivity index (χ1v) is 9.47. The van der Waals surface area contributed by atoms with Gasteiger partial charge in [0.1, 0.15) is 0 Å². The zero-order valence-electron chi connectivity index (χ0n) is 13.8. The van der Waals surface area contributed by atoms with E-state index in [4.69, 9.17) is 13.7 Å². The monoisotopic (exact) mass is 409 g/mol. The third-order valence-electron chi connectivity index (χ3n) is 4.60. The van der Waals surface area contributed by atoms with Gasteiger partial charge in [-0.3, -0.25) is 4.79 Å². The molecule has 1 amide bonds. The summed E-state index contributed by atoms with van der Waals surface area (Å²) in [5.41, 5.74) is 0. The maximum absolute atomic E-state index is 12.3. The third-order valence-corrected chi connectivity index (χ3v) is 5.03. The first-order chi connectivity index (χ1) is 12.2. The van der Waals surface area contributed by atoms with E-state index < -0.39 is 0 Å². The maximum atomic E-state index is 12.3. The minimum atomic E-state index is -0.0662. The van der Waals surface area contributed by atoms with Crippen LogP contribution in [0.25, 0.3) is 0 Å². The van der Waals surface area contributed by atoms with E-state index in [-0.39, 0.29) is 12.0 Å². The average Bonchev–Trinajstić information content (AvgIpc) is 3.21. The molecule has 0 aromatic carbocycles. The van der Waals surface area contributed by atoms with Gasteiger partial charge in [0.05, 0.1) is 12.7 Å². The number of ether oxygens (including phenoxy) is 1. The van der Waals surface area contributed by atoms with Crippen molar-refractivity contribution in [3.63, 3.8) is 0 Å². The van der Waals surface area contributed by atoms with Crippen molar-refractivity contribution in [2.75, 3.05) is 19.7 Å². The minimum absolute atomic E-state index is 0.0662. The fraction of sp³-hybridized carbons (Fsp3) is 0.588. The quantitative estimate of drug-likeness (QED) is 0.728. The molecule has 4 rings (SSSR count). The number of amides is 1. The van der Waals surface area contributed by atoms with Gasteiger partial charge in [-0.1, -0.05) is 5.16 Å². The van der Waals surface area contributed by atoms with Crippen LogP contribution in [-0.2, 0) is 11.2 Å². The molecule has 2 aromatic heterocycles. The van der Waals surface area contributed by atoms with Crippen molar-refractivity contribution >= 4 is 21.8 Å². The lowest BCUT2D eigenvalue weighted by molar-refractivity contribution is 0.00861. The van der Waals surface area contributed by atoms with E-state index in [2.05, 4.69) is 26.1 Å². The van der Waals surface area contributed by atoms with Gasteiger partial charge in [0, 0.05) is 25.4 Å². The molecule has 1 saturated carbocycles. The molecule has 7 nitrogen and oxygen atoms in total. The number of rotatable bonds is 6. The van der Waals surface area contributed by atoms with Crippen molar-refractivity contribution in [2.24, 2.45) is 0 Å². The van der Waals surface area contributed by atoms with E-state index in [0.717, 1.165) is 37.4 Å². The Morgan fingerprint density at radius 3 is 2.76 bits per heavy atom. The molecule has 1 aliphatic carbocycles. The zero-order chi connectivity index (χ0) is 17.2. The Kier molecular flexibility index (Phi) is 4.89. The predicted octanol–water partition coefficient (Wildman–Crippen LogP) is 3.17. The van der Waals surface area contributed by atoms with Crippen molar-refractivity contribution in [3.8, 4) is 0 Å². The highest BCUT2D eigenvalue weighted by molar-refractivity contribution is 9.10. The number of halogens is 1. The summed E-state index contributed by atoms with van der Waals surface area (Å²) in [6, 6.07) is 3.42. The summed E-state index contributed by atoms with van der Waals surface area (Å²) in [6.07, 6.45) is 4.80. The summed E-state index contributed by atoms with van der Waals surface area (Å²) in [4.78, 5) is 18.5. The Morgan fingerprint density at radius 1 is 1.28 bits per heavy atom. The number of aromatic nitrogens is 2. The molecule has 0 atom stereocenters. The summed E-state index contributed by atoms with van der Waals surface area (Å²) >= 11 is 3.22. The second-order valence-corrected chi connectivity index (χ2v) is 7.32. The number of hydrogen-bond donors (Lipinski definition) is 0. The number of likely N-dealkylation sites (tertiary alicyclic amines) is 1. The lowest BCUT2D eigenvalue weighted by Crippen LogP contribution is -2.40. The van der Waals surface area contributed by atoms with Gasteiger partial charge in [0.25, 0.3) is 5.91 Å². The highest BCUT2D eigenvalue weighted by Crippen LogP contribution is 2.38. The summed E-state index contributed by atoms with van der Waals surface area (Å²) in [6.45, 7) is 1.93. The third kappa shape index (κ3) is 4.12. The van der Waals surface area contributed by atoms with Gasteiger partial charge in [-0.25, -0.2) is 0 Å². The minimum Gasteiger partial charge on any atom is -0.444 e. The van der Waals surface area contributed by atoms with Crippen LogP contribution in [0.15, 0.2) is 25.7 Å². The molecule has 1 saturated heterocycles. The van der Waals surface area contributed by atoms with Gasteiger partial charge in [-0.05, 0) is 53.7 Å². The molecule has 3 heterocycles. The second-order valence-electron chi connectivity index (χ2n) is 6.54. The van der Waals surface area contributed by atoms with Gasteiger partial charge in [0.2, 0.25) is 5.89 Å². The average molecular weight is 410 g/mol. The van der Waals surface area contributed by atoms with Crippen molar-refractivity contribution in [1.29, 1.82) is 0 Å². The number of hydrogen-bond acceptors (Lipinski definition) is 6. The first-order valence-electron chi connectivity index (χ1n) is 8.68. The van der Waals surface area contributed by atoms with Gasteiger partial charge in [-0.15, -0.1) is 0 Å². The van der Waals surface area contributed by atoms with Crippen molar-refractivity contribution in [3.05, 3.63) is 34.3 Å². The summed E-state index contributed by atoms with van der Waals surface area (Å²) < 4.78 is 17.1. The molecule has 8 heteroatoms. The molecule has 0 N–H and O–H groups in total. The predicted molar refractivity (Wildman–Crippen MR) is 91.3 cm³/mol. The Hall–Kier alpha value is -1.67.